The molecular formula is C12H24N2O2S2. The van der Waals surface area contributed by atoms with Crippen LogP contribution in [0.15, 0.2) is 0 Å². The van der Waals surface area contributed by atoms with Gasteiger partial charge in [-0.2, -0.15) is 11.8 Å². The van der Waals surface area contributed by atoms with E-state index >= 15 is 0 Å². The van der Waals surface area contributed by atoms with Crippen LogP contribution in [0.1, 0.15) is 32.1 Å². The molecule has 0 radical (unpaired) electrons. The van der Waals surface area contributed by atoms with Crippen molar-refractivity contribution in [1.82, 2.24) is 9.62 Å². The molecule has 18 heavy (non-hydrogen) atoms. The molecule has 2 unspecified atom stereocenters. The summed E-state index contributed by atoms with van der Waals surface area (Å²) >= 11 is 1.87. The molecule has 0 spiro atoms. The van der Waals surface area contributed by atoms with Crippen LogP contribution in [0, 0.1) is 0 Å². The highest BCUT2D eigenvalue weighted by Gasteiger charge is 2.29. The molecule has 4 nitrogen and oxygen atoms in total. The van der Waals surface area contributed by atoms with Crippen LogP contribution >= 0.6 is 11.8 Å². The second-order valence-corrected chi connectivity index (χ2v) is 8.41. The highest BCUT2D eigenvalue weighted by Crippen LogP contribution is 2.23. The zero-order valence-corrected chi connectivity index (χ0v) is 12.7. The Morgan fingerprint density at radius 3 is 2.72 bits per heavy atom. The van der Waals surface area contributed by atoms with Gasteiger partial charge in [-0.3, -0.25) is 0 Å². The number of thioether (sulfide) groups is 1. The Balaban J connectivity index is 1.92. The Kier molecular flexibility index (Phi) is 5.35. The molecular weight excluding hydrogens is 268 g/mol. The predicted octanol–water partition coefficient (Wildman–Crippen LogP) is 1.29. The molecule has 2 heterocycles. The first-order valence-electron chi connectivity index (χ1n) is 6.86. The summed E-state index contributed by atoms with van der Waals surface area (Å²) in [5, 5.41) is 3.91. The van der Waals surface area contributed by atoms with E-state index in [1.54, 1.807) is 4.31 Å². The van der Waals surface area contributed by atoms with Gasteiger partial charge >= 0.3 is 0 Å². The van der Waals surface area contributed by atoms with Crippen LogP contribution in [0.4, 0.5) is 0 Å². The lowest BCUT2D eigenvalue weighted by Crippen LogP contribution is -2.40. The molecule has 0 amide bonds. The van der Waals surface area contributed by atoms with Crippen molar-refractivity contribution in [3.05, 3.63) is 0 Å². The maximum absolute atomic E-state index is 12.4. The number of hydrogen-bond donors (Lipinski definition) is 1. The van der Waals surface area contributed by atoms with E-state index in [-0.39, 0.29) is 11.8 Å². The van der Waals surface area contributed by atoms with E-state index in [2.05, 4.69) is 11.6 Å². The van der Waals surface area contributed by atoms with Crippen molar-refractivity contribution in [3.8, 4) is 0 Å². The first kappa shape index (κ1) is 14.6. The maximum Gasteiger partial charge on any atom is 0.215 e. The van der Waals surface area contributed by atoms with Gasteiger partial charge in [-0.15, -0.1) is 0 Å². The molecule has 0 saturated carbocycles. The summed E-state index contributed by atoms with van der Waals surface area (Å²) in [6.45, 7) is 2.39. The molecule has 2 atom stereocenters. The van der Waals surface area contributed by atoms with Crippen molar-refractivity contribution in [2.75, 3.05) is 31.6 Å². The minimum atomic E-state index is -3.06. The largest absolute Gasteiger partial charge is 0.313 e. The Hall–Kier alpha value is 0.220. The SMILES string of the molecule is CSC1CCCN(S(=O)(=O)CC2CCCN2)CC1. The molecule has 2 aliphatic rings. The van der Waals surface area contributed by atoms with Gasteiger partial charge in [-0.05, 0) is 44.9 Å². The first-order valence-corrected chi connectivity index (χ1v) is 9.75. The summed E-state index contributed by atoms with van der Waals surface area (Å²) in [5.41, 5.74) is 0. The topological polar surface area (TPSA) is 49.4 Å². The molecule has 1 N–H and O–H groups in total. The number of hydrogen-bond acceptors (Lipinski definition) is 4. The summed E-state index contributed by atoms with van der Waals surface area (Å²) in [4.78, 5) is 0. The van der Waals surface area contributed by atoms with Crippen molar-refractivity contribution in [1.29, 1.82) is 0 Å². The molecule has 2 rings (SSSR count). The van der Waals surface area contributed by atoms with Gasteiger partial charge in [0.2, 0.25) is 10.0 Å². The summed E-state index contributed by atoms with van der Waals surface area (Å²) in [5.74, 6) is 0.289. The van der Waals surface area contributed by atoms with E-state index in [9.17, 15) is 8.42 Å². The van der Waals surface area contributed by atoms with Gasteiger partial charge in [-0.25, -0.2) is 12.7 Å². The van der Waals surface area contributed by atoms with Gasteiger partial charge in [0.25, 0.3) is 0 Å². The van der Waals surface area contributed by atoms with Crippen LogP contribution in [-0.4, -0.2) is 55.7 Å². The summed E-state index contributed by atoms with van der Waals surface area (Å²) in [6, 6.07) is 0.176. The lowest BCUT2D eigenvalue weighted by molar-refractivity contribution is 0.419. The van der Waals surface area contributed by atoms with Crippen LogP contribution in [0.2, 0.25) is 0 Å². The third kappa shape index (κ3) is 3.85. The van der Waals surface area contributed by atoms with E-state index in [0.717, 1.165) is 38.6 Å². The standard InChI is InChI=1S/C12H24N2O2S2/c1-17-12-5-3-8-14(9-6-12)18(15,16)10-11-4-2-7-13-11/h11-13H,2-10H2,1H3. The highest BCUT2D eigenvalue weighted by molar-refractivity contribution is 7.99. The van der Waals surface area contributed by atoms with E-state index < -0.39 is 10.0 Å². The molecule has 0 aromatic heterocycles. The van der Waals surface area contributed by atoms with Crippen LogP contribution in [0.25, 0.3) is 0 Å². The smallest absolute Gasteiger partial charge is 0.215 e. The zero-order valence-electron chi connectivity index (χ0n) is 11.1. The van der Waals surface area contributed by atoms with Crippen LogP contribution in [0.5, 0.6) is 0 Å². The van der Waals surface area contributed by atoms with E-state index in [0.29, 0.717) is 18.3 Å². The number of nitrogens with one attached hydrogen (secondary N) is 1. The van der Waals surface area contributed by atoms with Crippen molar-refractivity contribution in [3.63, 3.8) is 0 Å². The fraction of sp³-hybridized carbons (Fsp3) is 1.00. The quantitative estimate of drug-likeness (QED) is 0.848. The van der Waals surface area contributed by atoms with Gasteiger partial charge in [-0.1, -0.05) is 0 Å². The number of sulfonamides is 1. The second-order valence-electron chi connectivity index (χ2n) is 5.26. The van der Waals surface area contributed by atoms with Gasteiger partial charge in [0.1, 0.15) is 0 Å². The predicted molar refractivity (Wildman–Crippen MR) is 77.5 cm³/mol. The fourth-order valence-electron chi connectivity index (χ4n) is 2.81. The molecule has 0 aromatic carbocycles. The molecule has 2 aliphatic heterocycles. The molecule has 106 valence electrons. The van der Waals surface area contributed by atoms with Crippen LogP contribution in [0.3, 0.4) is 0 Å². The first-order chi connectivity index (χ1) is 8.62. The number of rotatable bonds is 4. The van der Waals surface area contributed by atoms with E-state index in [1.165, 1.54) is 0 Å². The molecule has 0 bridgehead atoms. The van der Waals surface area contributed by atoms with Crippen LogP contribution in [-0.2, 0) is 10.0 Å². The minimum absolute atomic E-state index is 0.176. The molecule has 0 aromatic rings. The third-order valence-electron chi connectivity index (χ3n) is 3.93. The Morgan fingerprint density at radius 1 is 1.22 bits per heavy atom. The summed E-state index contributed by atoms with van der Waals surface area (Å²) < 4.78 is 26.5. The van der Waals surface area contributed by atoms with Crippen molar-refractivity contribution in [2.45, 2.75) is 43.4 Å². The van der Waals surface area contributed by atoms with Gasteiger partial charge in [0, 0.05) is 24.4 Å². The lowest BCUT2D eigenvalue weighted by atomic mass is 10.2. The highest BCUT2D eigenvalue weighted by atomic mass is 32.2. The summed E-state index contributed by atoms with van der Waals surface area (Å²) in [6.07, 6.45) is 7.38. The van der Waals surface area contributed by atoms with E-state index in [1.807, 2.05) is 11.8 Å². The molecule has 0 aliphatic carbocycles. The number of nitrogens with zero attached hydrogens (tertiary/aromatic N) is 1. The zero-order chi connectivity index (χ0) is 13.0. The molecule has 2 fully saturated rings. The minimum Gasteiger partial charge on any atom is -0.313 e. The maximum atomic E-state index is 12.4. The monoisotopic (exact) mass is 292 g/mol. The normalized spacial score (nSPS) is 31.4. The average molecular weight is 292 g/mol. The fourth-order valence-corrected chi connectivity index (χ4v) is 5.35. The van der Waals surface area contributed by atoms with Crippen molar-refractivity contribution >= 4 is 21.8 Å². The van der Waals surface area contributed by atoms with Gasteiger partial charge < -0.3 is 5.32 Å². The Labute approximate surface area is 115 Å². The van der Waals surface area contributed by atoms with Crippen LogP contribution < -0.4 is 5.32 Å². The van der Waals surface area contributed by atoms with Crippen molar-refractivity contribution < 1.29 is 8.42 Å². The van der Waals surface area contributed by atoms with Gasteiger partial charge in [0.15, 0.2) is 0 Å². The van der Waals surface area contributed by atoms with E-state index in [4.69, 9.17) is 0 Å². The average Bonchev–Trinajstić information content (AvgIpc) is 2.69. The van der Waals surface area contributed by atoms with Crippen molar-refractivity contribution in [2.24, 2.45) is 0 Å². The molecule has 2 saturated heterocycles. The van der Waals surface area contributed by atoms with Gasteiger partial charge in [0.05, 0.1) is 5.75 Å². The molecule has 6 heteroatoms. The summed E-state index contributed by atoms with van der Waals surface area (Å²) in [7, 11) is -3.06. The Bertz CT molecular complexity index is 353. The Morgan fingerprint density at radius 2 is 2.06 bits per heavy atom. The third-order valence-corrected chi connectivity index (χ3v) is 7.05. The lowest BCUT2D eigenvalue weighted by Gasteiger charge is -2.22. The second kappa shape index (κ2) is 6.59.